The van der Waals surface area contributed by atoms with Gasteiger partial charge in [-0.3, -0.25) is 14.8 Å². The monoisotopic (exact) mass is 348 g/mol. The van der Waals surface area contributed by atoms with E-state index in [0.717, 1.165) is 5.69 Å². The molecule has 2 atom stereocenters. The number of nitrogens with one attached hydrogen (secondary N) is 1. The SMILES string of the molecule is O=C([C@@H]1C[C@@H](F)CN1Cc1ccc(-c2ccn[nH]2)o1)N1CCOCC1. The third-order valence-electron chi connectivity index (χ3n) is 4.75. The number of hydrogen-bond donors (Lipinski definition) is 1. The summed E-state index contributed by atoms with van der Waals surface area (Å²) in [6.45, 7) is 2.90. The van der Waals surface area contributed by atoms with Crippen LogP contribution in [0.15, 0.2) is 28.8 Å². The number of rotatable bonds is 4. The van der Waals surface area contributed by atoms with E-state index in [0.29, 0.717) is 44.4 Å². The van der Waals surface area contributed by atoms with E-state index in [1.807, 2.05) is 23.1 Å². The largest absolute Gasteiger partial charge is 0.458 e. The molecule has 0 spiro atoms. The van der Waals surface area contributed by atoms with E-state index >= 15 is 0 Å². The Morgan fingerprint density at radius 2 is 2.16 bits per heavy atom. The van der Waals surface area contributed by atoms with E-state index in [1.165, 1.54) is 0 Å². The highest BCUT2D eigenvalue weighted by atomic mass is 19.1. The van der Waals surface area contributed by atoms with Crippen molar-refractivity contribution in [3.8, 4) is 11.5 Å². The lowest BCUT2D eigenvalue weighted by atomic mass is 10.1. The number of hydrogen-bond acceptors (Lipinski definition) is 5. The summed E-state index contributed by atoms with van der Waals surface area (Å²) in [5, 5.41) is 6.75. The van der Waals surface area contributed by atoms with Crippen molar-refractivity contribution >= 4 is 5.91 Å². The number of nitrogens with zero attached hydrogens (tertiary/aromatic N) is 3. The molecule has 0 aromatic carbocycles. The normalized spacial score (nSPS) is 24.8. The Labute approximate surface area is 144 Å². The average molecular weight is 348 g/mol. The van der Waals surface area contributed by atoms with E-state index < -0.39 is 12.2 Å². The first-order valence-corrected chi connectivity index (χ1v) is 8.54. The van der Waals surface area contributed by atoms with Gasteiger partial charge in [0.05, 0.1) is 25.8 Å². The zero-order chi connectivity index (χ0) is 17.2. The highest BCUT2D eigenvalue weighted by Gasteiger charge is 2.39. The second kappa shape index (κ2) is 6.97. The van der Waals surface area contributed by atoms with Crippen molar-refractivity contribution in [3.05, 3.63) is 30.2 Å². The van der Waals surface area contributed by atoms with Gasteiger partial charge < -0.3 is 14.1 Å². The summed E-state index contributed by atoms with van der Waals surface area (Å²) < 4.78 is 25.1. The van der Waals surface area contributed by atoms with Crippen LogP contribution in [0.5, 0.6) is 0 Å². The van der Waals surface area contributed by atoms with Crippen molar-refractivity contribution in [3.63, 3.8) is 0 Å². The standard InChI is InChI=1S/C17H21FN4O3/c18-12-9-15(17(23)21-5-7-24-8-6-21)22(10-12)11-13-1-2-16(25-13)14-3-4-19-20-14/h1-4,12,15H,5-11H2,(H,19,20)/t12-,15+/m1/s1. The maximum Gasteiger partial charge on any atom is 0.240 e. The van der Waals surface area contributed by atoms with Gasteiger partial charge in [-0.05, 0) is 18.2 Å². The number of morpholine rings is 1. The molecular formula is C17H21FN4O3. The molecular weight excluding hydrogens is 327 g/mol. The molecule has 0 saturated carbocycles. The summed E-state index contributed by atoms with van der Waals surface area (Å²) in [5.74, 6) is 1.38. The van der Waals surface area contributed by atoms with Gasteiger partial charge in [-0.1, -0.05) is 0 Å². The molecule has 0 radical (unpaired) electrons. The number of carbonyl (C=O) groups excluding carboxylic acids is 1. The number of aromatic amines is 1. The number of alkyl halides is 1. The molecule has 25 heavy (non-hydrogen) atoms. The number of H-pyrrole nitrogens is 1. The molecule has 2 aliphatic heterocycles. The van der Waals surface area contributed by atoms with E-state index in [1.54, 1.807) is 11.1 Å². The number of likely N-dealkylation sites (tertiary alicyclic amines) is 1. The third kappa shape index (κ3) is 3.45. The molecule has 0 unspecified atom stereocenters. The number of aromatic nitrogens is 2. The van der Waals surface area contributed by atoms with E-state index in [2.05, 4.69) is 10.2 Å². The third-order valence-corrected chi connectivity index (χ3v) is 4.75. The number of amides is 1. The molecule has 4 heterocycles. The van der Waals surface area contributed by atoms with Gasteiger partial charge in [0.2, 0.25) is 5.91 Å². The molecule has 7 nitrogen and oxygen atoms in total. The summed E-state index contributed by atoms with van der Waals surface area (Å²) in [6, 6.07) is 5.09. The van der Waals surface area contributed by atoms with Crippen molar-refractivity contribution in [2.75, 3.05) is 32.8 Å². The van der Waals surface area contributed by atoms with Gasteiger partial charge >= 0.3 is 0 Å². The number of furan rings is 1. The second-order valence-electron chi connectivity index (χ2n) is 6.45. The minimum Gasteiger partial charge on any atom is -0.458 e. The topological polar surface area (TPSA) is 74.6 Å². The maximum atomic E-state index is 14.0. The van der Waals surface area contributed by atoms with Crippen LogP contribution < -0.4 is 0 Å². The molecule has 2 aromatic rings. The number of ether oxygens (including phenoxy) is 1. The Balaban J connectivity index is 1.45. The lowest BCUT2D eigenvalue weighted by Crippen LogP contribution is -2.49. The molecule has 134 valence electrons. The minimum atomic E-state index is -0.989. The summed E-state index contributed by atoms with van der Waals surface area (Å²) in [6.07, 6.45) is 0.907. The number of halogens is 1. The van der Waals surface area contributed by atoms with Crippen LogP contribution in [0.1, 0.15) is 12.2 Å². The molecule has 0 bridgehead atoms. The smallest absolute Gasteiger partial charge is 0.240 e. The quantitative estimate of drug-likeness (QED) is 0.905. The summed E-state index contributed by atoms with van der Waals surface area (Å²) in [7, 11) is 0. The zero-order valence-electron chi connectivity index (χ0n) is 13.9. The van der Waals surface area contributed by atoms with Gasteiger partial charge in [0.25, 0.3) is 0 Å². The summed E-state index contributed by atoms with van der Waals surface area (Å²) in [5.41, 5.74) is 0.789. The highest BCUT2D eigenvalue weighted by molar-refractivity contribution is 5.82. The Morgan fingerprint density at radius 3 is 2.92 bits per heavy atom. The van der Waals surface area contributed by atoms with Crippen molar-refractivity contribution in [1.82, 2.24) is 20.0 Å². The molecule has 2 fully saturated rings. The van der Waals surface area contributed by atoms with Crippen molar-refractivity contribution in [2.24, 2.45) is 0 Å². The fourth-order valence-corrected chi connectivity index (χ4v) is 3.47. The van der Waals surface area contributed by atoms with Crippen LogP contribution in [0, 0.1) is 0 Å². The molecule has 4 rings (SSSR count). The lowest BCUT2D eigenvalue weighted by Gasteiger charge is -2.32. The maximum absolute atomic E-state index is 14.0. The summed E-state index contributed by atoms with van der Waals surface area (Å²) >= 11 is 0. The van der Waals surface area contributed by atoms with E-state index in [-0.39, 0.29) is 18.9 Å². The Morgan fingerprint density at radius 1 is 1.32 bits per heavy atom. The Bertz CT molecular complexity index is 711. The Kier molecular flexibility index (Phi) is 4.54. The highest BCUT2D eigenvalue weighted by Crippen LogP contribution is 2.27. The molecule has 0 aliphatic carbocycles. The van der Waals surface area contributed by atoms with Gasteiger partial charge in [-0.15, -0.1) is 0 Å². The fraction of sp³-hybridized carbons (Fsp3) is 0.529. The molecule has 1 N–H and O–H groups in total. The second-order valence-corrected chi connectivity index (χ2v) is 6.45. The first-order chi connectivity index (χ1) is 12.2. The van der Waals surface area contributed by atoms with Crippen molar-refractivity contribution < 1.29 is 18.3 Å². The Hall–Kier alpha value is -2.19. The van der Waals surface area contributed by atoms with Crippen LogP contribution in [0.3, 0.4) is 0 Å². The molecule has 2 saturated heterocycles. The number of carbonyl (C=O) groups is 1. The molecule has 1 amide bonds. The van der Waals surface area contributed by atoms with Crippen LogP contribution >= 0.6 is 0 Å². The van der Waals surface area contributed by atoms with Gasteiger partial charge in [-0.2, -0.15) is 5.10 Å². The van der Waals surface area contributed by atoms with Crippen LogP contribution in [-0.2, 0) is 16.1 Å². The molecule has 2 aliphatic rings. The van der Waals surface area contributed by atoms with Crippen molar-refractivity contribution in [2.45, 2.75) is 25.2 Å². The minimum absolute atomic E-state index is 0.0104. The predicted molar refractivity (Wildman–Crippen MR) is 87.4 cm³/mol. The fourth-order valence-electron chi connectivity index (χ4n) is 3.47. The predicted octanol–water partition coefficient (Wildman–Crippen LogP) is 1.44. The molecule has 2 aromatic heterocycles. The van der Waals surface area contributed by atoms with Crippen LogP contribution in [0.4, 0.5) is 4.39 Å². The van der Waals surface area contributed by atoms with Gasteiger partial charge in [0.1, 0.15) is 17.6 Å². The van der Waals surface area contributed by atoms with Gasteiger partial charge in [-0.25, -0.2) is 4.39 Å². The van der Waals surface area contributed by atoms with Gasteiger partial charge in [0, 0.05) is 32.3 Å². The van der Waals surface area contributed by atoms with Crippen molar-refractivity contribution in [1.29, 1.82) is 0 Å². The first-order valence-electron chi connectivity index (χ1n) is 8.54. The van der Waals surface area contributed by atoms with E-state index in [9.17, 15) is 9.18 Å². The van der Waals surface area contributed by atoms with Crippen LogP contribution in [0.25, 0.3) is 11.5 Å². The average Bonchev–Trinajstić information content (AvgIpc) is 3.36. The lowest BCUT2D eigenvalue weighted by molar-refractivity contribution is -0.140. The van der Waals surface area contributed by atoms with Gasteiger partial charge in [0.15, 0.2) is 5.76 Å². The first kappa shape index (κ1) is 16.3. The summed E-state index contributed by atoms with van der Waals surface area (Å²) in [4.78, 5) is 16.4. The van der Waals surface area contributed by atoms with Crippen LogP contribution in [-0.4, -0.2) is 71.0 Å². The zero-order valence-corrected chi connectivity index (χ0v) is 13.9. The van der Waals surface area contributed by atoms with Crippen LogP contribution in [0.2, 0.25) is 0 Å². The molecule has 8 heteroatoms. The van der Waals surface area contributed by atoms with E-state index in [4.69, 9.17) is 9.15 Å².